The van der Waals surface area contributed by atoms with E-state index in [2.05, 4.69) is 37.7 Å². The molecule has 0 radical (unpaired) electrons. The number of aromatic amines is 2. The van der Waals surface area contributed by atoms with E-state index >= 15 is 0 Å². The third-order valence-electron chi connectivity index (χ3n) is 3.65. The lowest BCUT2D eigenvalue weighted by Crippen LogP contribution is -1.89. The number of H-pyrrole nitrogens is 2. The van der Waals surface area contributed by atoms with Crippen LogP contribution in [0.4, 0.5) is 0 Å². The number of hydrogen-bond donors (Lipinski definition) is 2. The van der Waals surface area contributed by atoms with Crippen molar-refractivity contribution < 1.29 is 0 Å². The Balaban J connectivity index is 1.71. The summed E-state index contributed by atoms with van der Waals surface area (Å²) >= 11 is 6.10. The highest BCUT2D eigenvalue weighted by molar-refractivity contribution is 6.31. The van der Waals surface area contributed by atoms with Crippen LogP contribution in [0.5, 0.6) is 0 Å². The van der Waals surface area contributed by atoms with Gasteiger partial charge in [-0.25, -0.2) is 0 Å². The van der Waals surface area contributed by atoms with E-state index in [-0.39, 0.29) is 0 Å². The molecule has 0 unspecified atom stereocenters. The molecule has 0 aliphatic rings. The van der Waals surface area contributed by atoms with Crippen molar-refractivity contribution in [2.75, 3.05) is 0 Å². The van der Waals surface area contributed by atoms with Gasteiger partial charge in [0.25, 0.3) is 0 Å². The van der Waals surface area contributed by atoms with E-state index in [0.717, 1.165) is 27.9 Å². The van der Waals surface area contributed by atoms with Crippen LogP contribution >= 0.6 is 11.6 Å². The van der Waals surface area contributed by atoms with E-state index in [1.807, 2.05) is 36.5 Å². The molecule has 2 heterocycles. The van der Waals surface area contributed by atoms with Gasteiger partial charge in [-0.15, -0.1) is 10.2 Å². The summed E-state index contributed by atoms with van der Waals surface area (Å²) < 4.78 is 0. The molecular weight excluding hydrogens is 298 g/mol. The van der Waals surface area contributed by atoms with Crippen LogP contribution in [0.3, 0.4) is 0 Å². The smallest absolute Gasteiger partial charge is 0.204 e. The van der Waals surface area contributed by atoms with Crippen molar-refractivity contribution in [3.05, 3.63) is 64.8 Å². The molecule has 2 aromatic heterocycles. The number of rotatable bonds is 3. The normalized spacial score (nSPS) is 11.1. The van der Waals surface area contributed by atoms with E-state index in [1.54, 1.807) is 0 Å². The van der Waals surface area contributed by atoms with Crippen molar-refractivity contribution in [3.8, 4) is 11.4 Å². The number of hydrogen-bond acceptors (Lipinski definition) is 3. The Labute approximate surface area is 131 Å². The Morgan fingerprint density at radius 3 is 2.91 bits per heavy atom. The summed E-state index contributed by atoms with van der Waals surface area (Å²) in [5, 5.41) is 16.0. The van der Waals surface area contributed by atoms with E-state index in [9.17, 15) is 0 Å². The first-order valence-electron chi connectivity index (χ1n) is 6.88. The lowest BCUT2D eigenvalue weighted by molar-refractivity contribution is 0.881. The number of nitrogens with zero attached hydrogens (tertiary/aromatic N) is 3. The molecule has 0 saturated heterocycles. The zero-order chi connectivity index (χ0) is 14.9. The second-order valence-electron chi connectivity index (χ2n) is 5.12. The molecule has 0 saturated carbocycles. The first-order valence-corrected chi connectivity index (χ1v) is 7.26. The minimum Gasteiger partial charge on any atom is -0.361 e. The zero-order valence-corrected chi connectivity index (χ0v) is 12.3. The minimum absolute atomic E-state index is 0.601. The second-order valence-corrected chi connectivity index (χ2v) is 5.55. The standard InChI is InChI=1S/C16H12ClN5/c17-13-4-5-15-14(8-13)12(9-18-15)7-10-2-1-3-11(6-10)16-19-21-22-20-16/h1-6,8-9,18H,7H2,(H,19,20,21,22). The quantitative estimate of drug-likeness (QED) is 0.607. The fourth-order valence-electron chi connectivity index (χ4n) is 2.62. The predicted octanol–water partition coefficient (Wildman–Crippen LogP) is 3.59. The van der Waals surface area contributed by atoms with Gasteiger partial charge in [-0.05, 0) is 47.0 Å². The number of nitrogens with one attached hydrogen (secondary N) is 2. The van der Waals surface area contributed by atoms with Crippen LogP contribution in [-0.4, -0.2) is 25.6 Å². The van der Waals surface area contributed by atoms with Crippen molar-refractivity contribution in [1.82, 2.24) is 25.6 Å². The number of halogens is 1. The fourth-order valence-corrected chi connectivity index (χ4v) is 2.79. The van der Waals surface area contributed by atoms with Gasteiger partial charge in [-0.3, -0.25) is 0 Å². The average molecular weight is 310 g/mol. The topological polar surface area (TPSA) is 70.2 Å². The van der Waals surface area contributed by atoms with Crippen molar-refractivity contribution >= 4 is 22.5 Å². The van der Waals surface area contributed by atoms with Crippen molar-refractivity contribution in [1.29, 1.82) is 0 Å². The van der Waals surface area contributed by atoms with Crippen LogP contribution in [0.2, 0.25) is 5.02 Å². The second kappa shape index (κ2) is 5.27. The molecule has 4 aromatic rings. The highest BCUT2D eigenvalue weighted by Crippen LogP contribution is 2.25. The maximum absolute atomic E-state index is 6.10. The summed E-state index contributed by atoms with van der Waals surface area (Å²) in [7, 11) is 0. The molecule has 6 heteroatoms. The SMILES string of the molecule is Clc1ccc2[nH]cc(Cc3cccc(-c4nn[nH]n4)c3)c2c1. The summed E-state index contributed by atoms with van der Waals surface area (Å²) in [6.07, 6.45) is 2.84. The highest BCUT2D eigenvalue weighted by Gasteiger charge is 2.08. The number of tetrazole rings is 1. The first-order chi connectivity index (χ1) is 10.8. The molecule has 4 rings (SSSR count). The average Bonchev–Trinajstić information content (AvgIpc) is 3.18. The van der Waals surface area contributed by atoms with Gasteiger partial charge in [-0.1, -0.05) is 29.8 Å². The van der Waals surface area contributed by atoms with Crippen LogP contribution in [0.15, 0.2) is 48.7 Å². The van der Waals surface area contributed by atoms with Gasteiger partial charge < -0.3 is 4.98 Å². The third kappa shape index (κ3) is 2.35. The fraction of sp³-hybridized carbons (Fsp3) is 0.0625. The predicted molar refractivity (Wildman–Crippen MR) is 85.7 cm³/mol. The molecule has 0 atom stereocenters. The monoisotopic (exact) mass is 309 g/mol. The Kier molecular flexibility index (Phi) is 3.12. The van der Waals surface area contributed by atoms with Gasteiger partial charge >= 0.3 is 0 Å². The van der Waals surface area contributed by atoms with Crippen molar-refractivity contribution in [3.63, 3.8) is 0 Å². The Morgan fingerprint density at radius 2 is 2.05 bits per heavy atom. The highest BCUT2D eigenvalue weighted by atomic mass is 35.5. The number of aromatic nitrogens is 5. The Morgan fingerprint density at radius 1 is 1.09 bits per heavy atom. The summed E-state index contributed by atoms with van der Waals surface area (Å²) in [6, 6.07) is 14.0. The van der Waals surface area contributed by atoms with E-state index < -0.39 is 0 Å². The largest absolute Gasteiger partial charge is 0.361 e. The van der Waals surface area contributed by atoms with Gasteiger partial charge in [0, 0.05) is 27.7 Å². The molecule has 0 amide bonds. The molecule has 0 bridgehead atoms. The van der Waals surface area contributed by atoms with Crippen LogP contribution in [0.1, 0.15) is 11.1 Å². The van der Waals surface area contributed by atoms with Gasteiger partial charge in [0.15, 0.2) is 0 Å². The maximum atomic E-state index is 6.10. The Hall–Kier alpha value is -2.66. The molecule has 2 N–H and O–H groups in total. The molecule has 2 aromatic carbocycles. The van der Waals surface area contributed by atoms with E-state index in [0.29, 0.717) is 5.82 Å². The van der Waals surface area contributed by atoms with Gasteiger partial charge in [0.2, 0.25) is 5.82 Å². The molecule has 0 spiro atoms. The van der Waals surface area contributed by atoms with E-state index in [1.165, 1.54) is 11.1 Å². The van der Waals surface area contributed by atoms with Gasteiger partial charge in [-0.2, -0.15) is 5.21 Å². The number of benzene rings is 2. The summed E-state index contributed by atoms with van der Waals surface area (Å²) in [5.74, 6) is 0.601. The number of fused-ring (bicyclic) bond motifs is 1. The molecule has 22 heavy (non-hydrogen) atoms. The zero-order valence-electron chi connectivity index (χ0n) is 11.5. The summed E-state index contributed by atoms with van der Waals surface area (Å²) in [5.41, 5.74) is 4.43. The van der Waals surface area contributed by atoms with Gasteiger partial charge in [0.05, 0.1) is 0 Å². The summed E-state index contributed by atoms with van der Waals surface area (Å²) in [4.78, 5) is 3.28. The van der Waals surface area contributed by atoms with E-state index in [4.69, 9.17) is 11.6 Å². The Bertz CT molecular complexity index is 927. The van der Waals surface area contributed by atoms with Crippen molar-refractivity contribution in [2.45, 2.75) is 6.42 Å². The molecule has 5 nitrogen and oxygen atoms in total. The lowest BCUT2D eigenvalue weighted by Gasteiger charge is -2.03. The molecule has 0 aliphatic heterocycles. The molecule has 0 aliphatic carbocycles. The molecular formula is C16H12ClN5. The maximum Gasteiger partial charge on any atom is 0.204 e. The van der Waals surface area contributed by atoms with Crippen LogP contribution in [0, 0.1) is 0 Å². The lowest BCUT2D eigenvalue weighted by atomic mass is 10.0. The van der Waals surface area contributed by atoms with Crippen LogP contribution in [0.25, 0.3) is 22.3 Å². The molecule has 0 fully saturated rings. The summed E-state index contributed by atoms with van der Waals surface area (Å²) in [6.45, 7) is 0. The minimum atomic E-state index is 0.601. The van der Waals surface area contributed by atoms with Crippen LogP contribution < -0.4 is 0 Å². The van der Waals surface area contributed by atoms with Crippen LogP contribution in [-0.2, 0) is 6.42 Å². The third-order valence-corrected chi connectivity index (χ3v) is 3.89. The molecule has 108 valence electrons. The van der Waals surface area contributed by atoms with Crippen molar-refractivity contribution in [2.24, 2.45) is 0 Å². The first kappa shape index (κ1) is 13.0. The van der Waals surface area contributed by atoms with Gasteiger partial charge in [0.1, 0.15) is 0 Å².